The number of benzene rings is 2. The molecule has 0 aliphatic rings. The molecule has 0 atom stereocenters. The lowest BCUT2D eigenvalue weighted by molar-refractivity contribution is -0.459. The van der Waals surface area contributed by atoms with Crippen LogP contribution in [0.5, 0.6) is 0 Å². The van der Waals surface area contributed by atoms with Gasteiger partial charge in [0.25, 0.3) is 5.84 Å². The zero-order valence-corrected chi connectivity index (χ0v) is 13.0. The molecule has 0 fully saturated rings. The standard InChI is InChI=1S/C16H16N2O4S/c19-15(20)11-12-17-16(13-7-3-1-4-8-13)18-23(21,22)14-9-5-2-6-10-14/h1-10H,11-12H2,(H,17,18)(H,19,20). The van der Waals surface area contributed by atoms with Crippen LogP contribution in [0.4, 0.5) is 0 Å². The molecule has 0 amide bonds. The summed E-state index contributed by atoms with van der Waals surface area (Å²) in [5.41, 5.74) is 0.602. The second-order valence-corrected chi connectivity index (χ2v) is 6.39. The van der Waals surface area contributed by atoms with E-state index in [4.69, 9.17) is 0 Å². The van der Waals surface area contributed by atoms with Gasteiger partial charge >= 0.3 is 10.0 Å². The molecule has 2 aromatic carbocycles. The van der Waals surface area contributed by atoms with Gasteiger partial charge in [-0.1, -0.05) is 36.4 Å². The SMILES string of the molecule is O=C([O-])CC[NH+]=C(NS(=O)(=O)c1ccccc1)c1ccccc1. The largest absolute Gasteiger partial charge is 0.550 e. The molecule has 0 saturated carbocycles. The third kappa shape index (κ3) is 4.93. The molecule has 0 heterocycles. The van der Waals surface area contributed by atoms with Crippen molar-refractivity contribution in [3.8, 4) is 0 Å². The number of hydrogen-bond donors (Lipinski definition) is 2. The van der Waals surface area contributed by atoms with Crippen LogP contribution >= 0.6 is 0 Å². The van der Waals surface area contributed by atoms with Gasteiger partial charge in [-0.3, -0.25) is 4.99 Å². The third-order valence-electron chi connectivity index (χ3n) is 2.98. The van der Waals surface area contributed by atoms with Crippen molar-refractivity contribution < 1.29 is 23.3 Å². The molecule has 0 spiro atoms. The second kappa shape index (κ2) is 7.55. The first-order valence-electron chi connectivity index (χ1n) is 6.93. The van der Waals surface area contributed by atoms with E-state index in [1.54, 1.807) is 48.5 Å². The lowest BCUT2D eigenvalue weighted by Gasteiger charge is -2.05. The van der Waals surface area contributed by atoms with Crippen LogP contribution in [0.2, 0.25) is 0 Å². The van der Waals surface area contributed by atoms with Crippen LogP contribution in [0.15, 0.2) is 65.6 Å². The first-order valence-corrected chi connectivity index (χ1v) is 8.41. The van der Waals surface area contributed by atoms with Crippen LogP contribution in [0.3, 0.4) is 0 Å². The Morgan fingerprint density at radius 3 is 2.13 bits per heavy atom. The summed E-state index contributed by atoms with van der Waals surface area (Å²) in [4.78, 5) is 13.4. The number of sulfonamides is 1. The van der Waals surface area contributed by atoms with Crippen molar-refractivity contribution in [2.75, 3.05) is 6.54 Å². The van der Waals surface area contributed by atoms with Crippen molar-refractivity contribution in [2.24, 2.45) is 0 Å². The van der Waals surface area contributed by atoms with Gasteiger partial charge < -0.3 is 9.90 Å². The van der Waals surface area contributed by atoms with E-state index >= 15 is 0 Å². The Bertz CT molecular complexity index is 787. The predicted molar refractivity (Wildman–Crippen MR) is 82.8 cm³/mol. The molecule has 0 aliphatic carbocycles. The molecular formula is C16H16N2O4S. The maximum Gasteiger partial charge on any atom is 0.328 e. The van der Waals surface area contributed by atoms with Crippen LogP contribution in [-0.4, -0.2) is 26.8 Å². The van der Waals surface area contributed by atoms with Crippen LogP contribution in [0.1, 0.15) is 12.0 Å². The van der Waals surface area contributed by atoms with Crippen molar-refractivity contribution in [1.29, 1.82) is 0 Å². The van der Waals surface area contributed by atoms with E-state index in [2.05, 4.69) is 9.71 Å². The number of amidine groups is 1. The van der Waals surface area contributed by atoms with Gasteiger partial charge in [0.2, 0.25) is 0 Å². The van der Waals surface area contributed by atoms with Gasteiger partial charge in [0.15, 0.2) is 0 Å². The van der Waals surface area contributed by atoms with E-state index in [9.17, 15) is 18.3 Å². The van der Waals surface area contributed by atoms with Crippen molar-refractivity contribution in [3.63, 3.8) is 0 Å². The highest BCUT2D eigenvalue weighted by molar-refractivity contribution is 7.90. The molecule has 0 radical (unpaired) electrons. The molecular weight excluding hydrogens is 316 g/mol. The number of aliphatic carboxylic acids is 1. The van der Waals surface area contributed by atoms with Gasteiger partial charge in [-0.25, -0.2) is 0 Å². The van der Waals surface area contributed by atoms with Crippen molar-refractivity contribution in [1.82, 2.24) is 4.72 Å². The summed E-state index contributed by atoms with van der Waals surface area (Å²) in [7, 11) is -3.77. The van der Waals surface area contributed by atoms with Gasteiger partial charge in [0.1, 0.15) is 4.90 Å². The highest BCUT2D eigenvalue weighted by atomic mass is 32.2. The summed E-state index contributed by atoms with van der Waals surface area (Å²) in [6, 6.07) is 16.7. The van der Waals surface area contributed by atoms with Crippen LogP contribution in [-0.2, 0) is 14.8 Å². The molecule has 0 saturated heterocycles. The van der Waals surface area contributed by atoms with Gasteiger partial charge in [0, 0.05) is 12.4 Å². The zero-order valence-electron chi connectivity index (χ0n) is 12.2. The highest BCUT2D eigenvalue weighted by Gasteiger charge is 2.23. The van der Waals surface area contributed by atoms with E-state index in [1.807, 2.05) is 0 Å². The summed E-state index contributed by atoms with van der Waals surface area (Å²) in [5, 5.41) is 10.5. The van der Waals surface area contributed by atoms with Crippen LogP contribution < -0.4 is 14.8 Å². The molecule has 6 nitrogen and oxygen atoms in total. The summed E-state index contributed by atoms with van der Waals surface area (Å²) < 4.78 is 27.3. The molecule has 120 valence electrons. The Hall–Kier alpha value is -2.67. The average Bonchev–Trinajstić information content (AvgIpc) is 2.55. The normalized spacial score (nSPS) is 11.9. The van der Waals surface area contributed by atoms with Crippen molar-refractivity contribution in [2.45, 2.75) is 11.3 Å². The topological polar surface area (TPSA) is 100 Å². The molecule has 2 aromatic rings. The highest BCUT2D eigenvalue weighted by Crippen LogP contribution is 2.08. The van der Waals surface area contributed by atoms with Gasteiger partial charge in [-0.15, -0.1) is 0 Å². The molecule has 23 heavy (non-hydrogen) atoms. The Kier molecular flexibility index (Phi) is 5.48. The molecule has 2 N–H and O–H groups in total. The lowest BCUT2D eigenvalue weighted by atomic mass is 10.2. The fraction of sp³-hybridized carbons (Fsp3) is 0.125. The summed E-state index contributed by atoms with van der Waals surface area (Å²) in [6.07, 6.45) is -0.233. The molecule has 7 heteroatoms. The third-order valence-corrected chi connectivity index (χ3v) is 4.35. The van der Waals surface area contributed by atoms with Crippen molar-refractivity contribution in [3.05, 3.63) is 66.2 Å². The Morgan fingerprint density at radius 1 is 1.00 bits per heavy atom. The Labute approximate surface area is 134 Å². The van der Waals surface area contributed by atoms with E-state index in [0.717, 1.165) is 0 Å². The number of carbonyl (C=O) groups excluding carboxylic acids is 1. The minimum absolute atomic E-state index is 0.0455. The van der Waals surface area contributed by atoms with E-state index < -0.39 is 16.0 Å². The number of carbonyl (C=O) groups is 1. The Balaban J connectivity index is 2.29. The molecule has 0 unspecified atom stereocenters. The lowest BCUT2D eigenvalue weighted by Crippen LogP contribution is -2.77. The first kappa shape index (κ1) is 16.7. The number of rotatable bonds is 6. The molecule has 0 aromatic heterocycles. The fourth-order valence-electron chi connectivity index (χ4n) is 1.88. The number of nitrogens with one attached hydrogen (secondary N) is 2. The number of carboxylic acids is 1. The van der Waals surface area contributed by atoms with Gasteiger partial charge in [-0.05, 0) is 24.3 Å². The monoisotopic (exact) mass is 332 g/mol. The summed E-state index contributed by atoms with van der Waals surface area (Å²) in [6.45, 7) is 0.0455. The quantitative estimate of drug-likeness (QED) is 0.504. The van der Waals surface area contributed by atoms with E-state index in [0.29, 0.717) is 5.56 Å². The molecule has 0 aliphatic heterocycles. The second-order valence-electron chi connectivity index (χ2n) is 4.71. The zero-order chi connectivity index (χ0) is 16.7. The smallest absolute Gasteiger partial charge is 0.328 e. The number of carboxylic acid groups (broad SMARTS) is 1. The van der Waals surface area contributed by atoms with Gasteiger partial charge in [-0.2, -0.15) is 13.1 Å². The maximum absolute atomic E-state index is 12.4. The Morgan fingerprint density at radius 2 is 1.57 bits per heavy atom. The summed E-state index contributed by atoms with van der Waals surface area (Å²) >= 11 is 0. The molecule has 2 rings (SSSR count). The van der Waals surface area contributed by atoms with E-state index in [-0.39, 0.29) is 23.7 Å². The minimum Gasteiger partial charge on any atom is -0.550 e. The minimum atomic E-state index is -3.77. The maximum atomic E-state index is 12.4. The summed E-state index contributed by atoms with van der Waals surface area (Å²) in [5.74, 6) is -0.994. The fourth-order valence-corrected chi connectivity index (χ4v) is 2.98. The first-order chi connectivity index (χ1) is 11.0. The van der Waals surface area contributed by atoms with Gasteiger partial charge in [0.05, 0.1) is 12.1 Å². The van der Waals surface area contributed by atoms with Crippen molar-refractivity contribution >= 4 is 21.8 Å². The molecule has 0 bridgehead atoms. The van der Waals surface area contributed by atoms with E-state index in [1.165, 1.54) is 12.1 Å². The predicted octanol–water partition coefficient (Wildman–Crippen LogP) is -1.37. The van der Waals surface area contributed by atoms with Crippen LogP contribution in [0.25, 0.3) is 0 Å². The van der Waals surface area contributed by atoms with Crippen LogP contribution in [0, 0.1) is 0 Å². The number of hydrogen-bond acceptors (Lipinski definition) is 4. The average molecular weight is 332 g/mol.